The first kappa shape index (κ1) is 21.1. The Kier molecular flexibility index (Phi) is 7.21. The molecule has 7 nitrogen and oxygen atoms in total. The van der Waals surface area contributed by atoms with Crippen molar-refractivity contribution in [2.24, 2.45) is 0 Å². The van der Waals surface area contributed by atoms with Crippen LogP contribution in [0.4, 0.5) is 0 Å². The minimum Gasteiger partial charge on any atom is -0.497 e. The molecule has 0 aliphatic heterocycles. The lowest BCUT2D eigenvalue weighted by Crippen LogP contribution is -2.30. The van der Waals surface area contributed by atoms with Gasteiger partial charge in [0.05, 0.1) is 13.7 Å². The van der Waals surface area contributed by atoms with Crippen LogP contribution < -0.4 is 9.47 Å². The quantitative estimate of drug-likeness (QED) is 0.465. The zero-order valence-electron chi connectivity index (χ0n) is 17.2. The highest BCUT2D eigenvalue weighted by Gasteiger charge is 2.19. The maximum absolute atomic E-state index is 12.9. The molecule has 0 unspecified atom stereocenters. The van der Waals surface area contributed by atoms with Crippen LogP contribution in [0.1, 0.15) is 29.6 Å². The molecule has 0 N–H and O–H groups in total. The van der Waals surface area contributed by atoms with Crippen LogP contribution in [0.5, 0.6) is 11.5 Å². The molecule has 0 atom stereocenters. The number of ether oxygens (including phenoxy) is 2. The van der Waals surface area contributed by atoms with Crippen LogP contribution in [-0.2, 0) is 6.54 Å². The van der Waals surface area contributed by atoms with Crippen LogP contribution in [-0.4, -0.2) is 41.2 Å². The summed E-state index contributed by atoms with van der Waals surface area (Å²) in [5, 5.41) is 4.02. The summed E-state index contributed by atoms with van der Waals surface area (Å²) in [5.74, 6) is 2.14. The topological polar surface area (TPSA) is 77.7 Å². The molecular formula is C23H25N3O4. The van der Waals surface area contributed by atoms with Crippen molar-refractivity contribution in [2.75, 3.05) is 20.3 Å². The summed E-state index contributed by atoms with van der Waals surface area (Å²) in [6, 6.07) is 14.4. The van der Waals surface area contributed by atoms with Gasteiger partial charge < -0.3 is 18.9 Å². The molecule has 1 heterocycles. The molecule has 0 saturated carbocycles. The SMILES string of the molecule is C=CCN(Cc1nc(-c2ccc(OC)cc2)no1)C(=O)c1ccc(OCCC)cc1. The number of nitrogens with zero attached hydrogens (tertiary/aromatic N) is 3. The highest BCUT2D eigenvalue weighted by Crippen LogP contribution is 2.21. The van der Waals surface area contributed by atoms with Gasteiger partial charge >= 0.3 is 0 Å². The molecule has 0 radical (unpaired) electrons. The maximum atomic E-state index is 12.9. The number of methoxy groups -OCH3 is 1. The Morgan fingerprint density at radius 3 is 2.47 bits per heavy atom. The van der Waals surface area contributed by atoms with Gasteiger partial charge in [-0.15, -0.1) is 6.58 Å². The Hall–Kier alpha value is -3.61. The lowest BCUT2D eigenvalue weighted by atomic mass is 10.2. The summed E-state index contributed by atoms with van der Waals surface area (Å²) in [5.41, 5.74) is 1.35. The minimum atomic E-state index is -0.152. The van der Waals surface area contributed by atoms with Crippen molar-refractivity contribution in [1.29, 1.82) is 0 Å². The fourth-order valence-corrected chi connectivity index (χ4v) is 2.81. The van der Waals surface area contributed by atoms with E-state index in [1.54, 1.807) is 42.4 Å². The number of benzene rings is 2. The van der Waals surface area contributed by atoms with Crippen LogP contribution in [0.3, 0.4) is 0 Å². The molecular weight excluding hydrogens is 382 g/mol. The fourth-order valence-electron chi connectivity index (χ4n) is 2.81. The zero-order valence-corrected chi connectivity index (χ0v) is 17.2. The van der Waals surface area contributed by atoms with E-state index in [1.165, 1.54) is 0 Å². The highest BCUT2D eigenvalue weighted by molar-refractivity contribution is 5.94. The van der Waals surface area contributed by atoms with Crippen molar-refractivity contribution in [1.82, 2.24) is 15.0 Å². The van der Waals surface area contributed by atoms with Crippen LogP contribution in [0, 0.1) is 0 Å². The van der Waals surface area contributed by atoms with Crippen molar-refractivity contribution in [3.05, 3.63) is 72.6 Å². The Morgan fingerprint density at radius 2 is 1.83 bits per heavy atom. The molecule has 2 aromatic carbocycles. The van der Waals surface area contributed by atoms with Gasteiger partial charge in [-0.3, -0.25) is 4.79 Å². The van der Waals surface area contributed by atoms with Crippen LogP contribution in [0.25, 0.3) is 11.4 Å². The molecule has 0 spiro atoms. The summed E-state index contributed by atoms with van der Waals surface area (Å²) < 4.78 is 16.1. The predicted octanol–water partition coefficient (Wildman–Crippen LogP) is 4.36. The lowest BCUT2D eigenvalue weighted by molar-refractivity contribution is 0.0745. The van der Waals surface area contributed by atoms with E-state index in [2.05, 4.69) is 16.7 Å². The number of carbonyl (C=O) groups is 1. The predicted molar refractivity (Wildman–Crippen MR) is 113 cm³/mol. The van der Waals surface area contributed by atoms with E-state index < -0.39 is 0 Å². The van der Waals surface area contributed by atoms with Crippen LogP contribution in [0.15, 0.2) is 65.7 Å². The van der Waals surface area contributed by atoms with E-state index in [9.17, 15) is 4.79 Å². The van der Waals surface area contributed by atoms with E-state index >= 15 is 0 Å². The Balaban J connectivity index is 1.71. The van der Waals surface area contributed by atoms with Gasteiger partial charge in [0.1, 0.15) is 18.0 Å². The summed E-state index contributed by atoms with van der Waals surface area (Å²) in [7, 11) is 1.61. The maximum Gasteiger partial charge on any atom is 0.254 e. The number of carbonyl (C=O) groups excluding carboxylic acids is 1. The largest absolute Gasteiger partial charge is 0.497 e. The standard InChI is InChI=1S/C23H25N3O4/c1-4-14-26(23(27)18-8-12-20(13-9-18)29-15-5-2)16-21-24-22(25-30-21)17-6-10-19(28-3)11-7-17/h4,6-13H,1,5,14-16H2,2-3H3. The minimum absolute atomic E-state index is 0.152. The smallest absolute Gasteiger partial charge is 0.254 e. The Bertz CT molecular complexity index is 965. The first-order chi connectivity index (χ1) is 14.6. The average molecular weight is 407 g/mol. The third-order valence-corrected chi connectivity index (χ3v) is 4.35. The molecule has 1 amide bonds. The highest BCUT2D eigenvalue weighted by atomic mass is 16.5. The molecule has 0 bridgehead atoms. The van der Waals surface area contributed by atoms with Crippen molar-refractivity contribution in [3.63, 3.8) is 0 Å². The number of aromatic nitrogens is 2. The van der Waals surface area contributed by atoms with Crippen LogP contribution in [0.2, 0.25) is 0 Å². The molecule has 1 aromatic heterocycles. The fraction of sp³-hybridized carbons (Fsp3) is 0.261. The van der Waals surface area contributed by atoms with E-state index in [1.807, 2.05) is 31.2 Å². The normalized spacial score (nSPS) is 10.5. The van der Waals surface area contributed by atoms with E-state index in [0.717, 1.165) is 23.5 Å². The summed E-state index contributed by atoms with van der Waals surface area (Å²) in [4.78, 5) is 19.0. The van der Waals surface area contributed by atoms with Gasteiger partial charge in [0.25, 0.3) is 5.91 Å². The first-order valence-corrected chi connectivity index (χ1v) is 9.74. The summed E-state index contributed by atoms with van der Waals surface area (Å²) in [6.07, 6.45) is 2.59. The lowest BCUT2D eigenvalue weighted by Gasteiger charge is -2.19. The zero-order chi connectivity index (χ0) is 21.3. The summed E-state index contributed by atoms with van der Waals surface area (Å²) in [6.45, 7) is 6.97. The second kappa shape index (κ2) is 10.2. The number of amides is 1. The molecule has 0 aliphatic rings. The van der Waals surface area contributed by atoms with Crippen molar-refractivity contribution in [2.45, 2.75) is 19.9 Å². The molecule has 7 heteroatoms. The average Bonchev–Trinajstić information content (AvgIpc) is 3.26. The molecule has 3 rings (SSSR count). The third-order valence-electron chi connectivity index (χ3n) is 4.35. The van der Waals surface area contributed by atoms with Crippen molar-refractivity contribution >= 4 is 5.91 Å². The van der Waals surface area contributed by atoms with Gasteiger partial charge in [-0.05, 0) is 55.0 Å². The monoisotopic (exact) mass is 407 g/mol. The van der Waals surface area contributed by atoms with Crippen molar-refractivity contribution < 1.29 is 18.8 Å². The van der Waals surface area contributed by atoms with Crippen molar-refractivity contribution in [3.8, 4) is 22.9 Å². The van der Waals surface area contributed by atoms with Gasteiger partial charge in [0.2, 0.25) is 11.7 Å². The van der Waals surface area contributed by atoms with Gasteiger partial charge in [-0.1, -0.05) is 18.2 Å². The van der Waals surface area contributed by atoms with E-state index in [0.29, 0.717) is 30.4 Å². The Morgan fingerprint density at radius 1 is 1.13 bits per heavy atom. The molecule has 156 valence electrons. The molecule has 0 saturated heterocycles. The van der Waals surface area contributed by atoms with Crippen LogP contribution >= 0.6 is 0 Å². The van der Waals surface area contributed by atoms with E-state index in [-0.39, 0.29) is 12.5 Å². The number of hydrogen-bond donors (Lipinski definition) is 0. The molecule has 30 heavy (non-hydrogen) atoms. The van der Waals surface area contributed by atoms with E-state index in [4.69, 9.17) is 14.0 Å². The first-order valence-electron chi connectivity index (χ1n) is 9.74. The van der Waals surface area contributed by atoms with Gasteiger partial charge in [0.15, 0.2) is 0 Å². The third kappa shape index (κ3) is 5.26. The summed E-state index contributed by atoms with van der Waals surface area (Å²) >= 11 is 0. The Labute approximate surface area is 175 Å². The molecule has 3 aromatic rings. The second-order valence-corrected chi connectivity index (χ2v) is 6.59. The molecule has 0 fully saturated rings. The van der Waals surface area contributed by atoms with Gasteiger partial charge in [0, 0.05) is 17.7 Å². The second-order valence-electron chi connectivity index (χ2n) is 6.59. The van der Waals surface area contributed by atoms with Gasteiger partial charge in [-0.2, -0.15) is 4.98 Å². The molecule has 0 aliphatic carbocycles. The number of rotatable bonds is 10. The number of hydrogen-bond acceptors (Lipinski definition) is 6. The van der Waals surface area contributed by atoms with Gasteiger partial charge in [-0.25, -0.2) is 0 Å².